The molecule has 196 valence electrons. The van der Waals surface area contributed by atoms with Gasteiger partial charge in [0.25, 0.3) is 0 Å². The van der Waals surface area contributed by atoms with Gasteiger partial charge in [0.15, 0.2) is 0 Å². The number of hydrogen-bond acceptors (Lipinski definition) is 9. The van der Waals surface area contributed by atoms with Crippen LogP contribution in [0.25, 0.3) is 16.6 Å². The molecule has 7 heterocycles. The second kappa shape index (κ2) is 9.11. The fourth-order valence-corrected chi connectivity index (χ4v) is 5.51. The average molecular weight is 514 g/mol. The molecule has 0 aliphatic carbocycles. The molecule has 4 aromatic heterocycles. The smallest absolute Gasteiger partial charge is 0.138 e. The van der Waals surface area contributed by atoms with Gasteiger partial charge in [-0.1, -0.05) is 5.16 Å². The zero-order valence-electron chi connectivity index (χ0n) is 22.0. The van der Waals surface area contributed by atoms with Gasteiger partial charge in [0.05, 0.1) is 34.8 Å². The summed E-state index contributed by atoms with van der Waals surface area (Å²) in [6.07, 6.45) is 6.32. The minimum atomic E-state index is -0.974. The summed E-state index contributed by atoms with van der Waals surface area (Å²) >= 11 is 0. The summed E-state index contributed by atoms with van der Waals surface area (Å²) in [6, 6.07) is 9.15. The van der Waals surface area contributed by atoms with E-state index in [0.29, 0.717) is 28.9 Å². The third-order valence-corrected chi connectivity index (χ3v) is 7.55. The van der Waals surface area contributed by atoms with Gasteiger partial charge in [-0.3, -0.25) is 4.90 Å². The molecule has 0 amide bonds. The Morgan fingerprint density at radius 3 is 2.63 bits per heavy atom. The Balaban J connectivity index is 1.22. The van der Waals surface area contributed by atoms with E-state index in [4.69, 9.17) is 14.2 Å². The molecule has 3 fully saturated rings. The molecule has 4 aromatic rings. The molecule has 0 aromatic carbocycles. The van der Waals surface area contributed by atoms with Gasteiger partial charge in [-0.2, -0.15) is 10.4 Å². The van der Waals surface area contributed by atoms with E-state index in [-0.39, 0.29) is 6.61 Å². The first kappa shape index (κ1) is 24.4. The molecule has 3 aliphatic rings. The zero-order chi connectivity index (χ0) is 26.6. The van der Waals surface area contributed by atoms with Crippen molar-refractivity contribution in [3.63, 3.8) is 0 Å². The molecule has 7 rings (SSSR count). The van der Waals surface area contributed by atoms with Crippen molar-refractivity contribution >= 4 is 11.3 Å². The number of aryl methyl sites for hydroxylation is 2. The summed E-state index contributed by atoms with van der Waals surface area (Å²) in [5.74, 6) is 2.41. The highest BCUT2D eigenvalue weighted by molar-refractivity contribution is 5.85. The minimum Gasteiger partial charge on any atom is -0.489 e. The van der Waals surface area contributed by atoms with E-state index in [9.17, 15) is 10.4 Å². The van der Waals surface area contributed by atoms with Crippen LogP contribution in [0.4, 0.5) is 5.82 Å². The number of anilines is 1. The lowest BCUT2D eigenvalue weighted by atomic mass is 9.86. The van der Waals surface area contributed by atoms with Gasteiger partial charge in [0.2, 0.25) is 0 Å². The van der Waals surface area contributed by atoms with E-state index in [2.05, 4.69) is 26.1 Å². The van der Waals surface area contributed by atoms with E-state index >= 15 is 0 Å². The van der Waals surface area contributed by atoms with E-state index in [1.165, 1.54) is 12.0 Å². The lowest BCUT2D eigenvalue weighted by Crippen LogP contribution is -2.68. The van der Waals surface area contributed by atoms with E-state index in [1.807, 2.05) is 38.2 Å². The lowest BCUT2D eigenvalue weighted by Gasteiger charge is -2.56. The van der Waals surface area contributed by atoms with Crippen LogP contribution in [0.15, 0.2) is 41.3 Å². The van der Waals surface area contributed by atoms with Gasteiger partial charge in [0.1, 0.15) is 30.0 Å². The quantitative estimate of drug-likeness (QED) is 0.396. The number of nitrogens with zero attached hydrogens (tertiary/aromatic N) is 7. The molecular weight excluding hydrogens is 482 g/mol. The van der Waals surface area contributed by atoms with Gasteiger partial charge in [-0.15, -0.1) is 0 Å². The number of aliphatic hydroxyl groups is 1. The fourth-order valence-electron chi connectivity index (χ4n) is 5.51. The highest BCUT2D eigenvalue weighted by Gasteiger charge is 2.45. The van der Waals surface area contributed by atoms with Crippen LogP contribution < -0.4 is 9.64 Å². The van der Waals surface area contributed by atoms with Crippen LogP contribution in [0, 0.1) is 25.2 Å². The van der Waals surface area contributed by atoms with Gasteiger partial charge in [-0.05, 0) is 52.3 Å². The Morgan fingerprint density at radius 1 is 1.21 bits per heavy atom. The number of fused-ring (bicyclic) bond motifs is 3. The molecule has 0 spiro atoms. The minimum absolute atomic E-state index is 0.131. The van der Waals surface area contributed by atoms with E-state index < -0.39 is 5.60 Å². The van der Waals surface area contributed by atoms with Crippen molar-refractivity contribution in [2.75, 3.05) is 24.6 Å². The molecule has 38 heavy (non-hydrogen) atoms. The van der Waals surface area contributed by atoms with Crippen LogP contribution in [-0.2, 0) is 6.54 Å². The number of nitriles is 1. The van der Waals surface area contributed by atoms with Crippen LogP contribution in [0.1, 0.15) is 42.8 Å². The van der Waals surface area contributed by atoms with Crippen molar-refractivity contribution in [3.8, 4) is 22.9 Å². The summed E-state index contributed by atoms with van der Waals surface area (Å²) < 4.78 is 12.8. The highest BCUT2D eigenvalue weighted by Crippen LogP contribution is 2.37. The van der Waals surface area contributed by atoms with E-state index in [1.54, 1.807) is 30.8 Å². The van der Waals surface area contributed by atoms with Crippen molar-refractivity contribution in [1.29, 1.82) is 5.26 Å². The molecule has 0 radical (unpaired) electrons. The van der Waals surface area contributed by atoms with E-state index in [0.717, 1.165) is 48.0 Å². The number of pyridine rings is 2. The lowest BCUT2D eigenvalue weighted by molar-refractivity contribution is -0.00910. The van der Waals surface area contributed by atoms with Crippen molar-refractivity contribution in [1.82, 2.24) is 24.7 Å². The molecule has 2 bridgehead atoms. The Labute approximate surface area is 221 Å². The maximum absolute atomic E-state index is 10.1. The van der Waals surface area contributed by atoms with Crippen molar-refractivity contribution in [2.45, 2.75) is 58.3 Å². The molecule has 10 nitrogen and oxygen atoms in total. The molecule has 2 unspecified atom stereocenters. The molecule has 2 atom stereocenters. The zero-order valence-corrected chi connectivity index (χ0v) is 22.0. The second-order valence-electron chi connectivity index (χ2n) is 11.0. The monoisotopic (exact) mass is 513 g/mol. The second-order valence-corrected chi connectivity index (χ2v) is 11.0. The first-order chi connectivity index (χ1) is 18.2. The maximum Gasteiger partial charge on any atom is 0.138 e. The maximum atomic E-state index is 10.1. The number of aromatic nitrogens is 4. The summed E-state index contributed by atoms with van der Waals surface area (Å²) in [6.45, 7) is 10.2. The van der Waals surface area contributed by atoms with Crippen LogP contribution in [0.3, 0.4) is 0 Å². The standard InChI is InChI=1S/C28H31N7O3/c1-17-25(18(2)38-32-17)15-34-21-7-22(34)13-33(12-21)26-6-5-19(10-30-26)24-8-23(37-16-28(3,4)36)14-35-27(24)20(9-29)11-31-35/h5-6,8,10-11,14,21-22,36H,7,12-13,15-16H2,1-4H3. The van der Waals surface area contributed by atoms with Crippen molar-refractivity contribution in [3.05, 3.63) is 59.4 Å². The third-order valence-electron chi connectivity index (χ3n) is 7.55. The molecule has 10 heteroatoms. The van der Waals surface area contributed by atoms with Crippen LogP contribution in [0.5, 0.6) is 5.75 Å². The number of piperazine rings is 1. The van der Waals surface area contributed by atoms with Crippen molar-refractivity contribution in [2.24, 2.45) is 0 Å². The van der Waals surface area contributed by atoms with Gasteiger partial charge in [-0.25, -0.2) is 9.50 Å². The summed E-state index contributed by atoms with van der Waals surface area (Å²) in [5.41, 5.74) is 4.05. The van der Waals surface area contributed by atoms with Gasteiger partial charge >= 0.3 is 0 Å². The van der Waals surface area contributed by atoms with Crippen molar-refractivity contribution < 1.29 is 14.4 Å². The Bertz CT molecular complexity index is 1500. The number of ether oxygens (including phenoxy) is 1. The SMILES string of the molecule is Cc1noc(C)c1CN1C2CC1CN(c1ccc(-c3cc(OCC(C)(C)O)cn4ncc(C#N)c34)cn1)C2. The molecule has 1 N–H and O–H groups in total. The first-order valence-corrected chi connectivity index (χ1v) is 12.9. The number of rotatable bonds is 7. The van der Waals surface area contributed by atoms with Crippen LogP contribution >= 0.6 is 0 Å². The number of piperidine rings is 1. The summed E-state index contributed by atoms with van der Waals surface area (Å²) in [7, 11) is 0. The molecule has 0 saturated carbocycles. The Hall–Kier alpha value is -3.94. The molecule has 3 aliphatic heterocycles. The molecule has 3 saturated heterocycles. The molecular formula is C28H31N7O3. The topological polar surface area (TPSA) is 116 Å². The fraction of sp³-hybridized carbons (Fsp3) is 0.429. The largest absolute Gasteiger partial charge is 0.489 e. The first-order valence-electron chi connectivity index (χ1n) is 12.9. The third kappa shape index (κ3) is 4.38. The predicted octanol–water partition coefficient (Wildman–Crippen LogP) is 3.49. The summed E-state index contributed by atoms with van der Waals surface area (Å²) in [5, 5.41) is 28.2. The Kier molecular flexibility index (Phi) is 5.85. The highest BCUT2D eigenvalue weighted by atomic mass is 16.5. The predicted molar refractivity (Wildman–Crippen MR) is 141 cm³/mol. The Morgan fingerprint density at radius 2 is 2.00 bits per heavy atom. The normalized spacial score (nSPS) is 19.4. The van der Waals surface area contributed by atoms with Gasteiger partial charge < -0.3 is 19.3 Å². The summed E-state index contributed by atoms with van der Waals surface area (Å²) in [4.78, 5) is 9.72. The number of hydrogen-bond donors (Lipinski definition) is 1. The van der Waals surface area contributed by atoms with Crippen LogP contribution in [-0.4, -0.2) is 67.1 Å². The average Bonchev–Trinajstić information content (AvgIpc) is 3.47. The van der Waals surface area contributed by atoms with Gasteiger partial charge in [0, 0.05) is 54.6 Å². The van der Waals surface area contributed by atoms with Crippen LogP contribution in [0.2, 0.25) is 0 Å².